The van der Waals surface area contributed by atoms with Crippen LogP contribution in [0.3, 0.4) is 0 Å². The molecule has 4 N–H and O–H groups in total. The summed E-state index contributed by atoms with van der Waals surface area (Å²) in [7, 11) is 0. The van der Waals surface area contributed by atoms with Crippen molar-refractivity contribution in [2.24, 2.45) is 0 Å². The fourth-order valence-corrected chi connectivity index (χ4v) is 4.69. The minimum Gasteiger partial charge on any atom is -0.493 e. The summed E-state index contributed by atoms with van der Waals surface area (Å²) in [5.74, 6) is 0.262. The number of aliphatic hydroxyl groups is 4. The Morgan fingerprint density at radius 1 is 1.03 bits per heavy atom. The lowest BCUT2D eigenvalue weighted by Crippen LogP contribution is -2.55. The van der Waals surface area contributed by atoms with Crippen molar-refractivity contribution < 1.29 is 39.1 Å². The average Bonchev–Trinajstić information content (AvgIpc) is 2.82. The van der Waals surface area contributed by atoms with Gasteiger partial charge in [0.05, 0.1) is 30.6 Å². The Morgan fingerprint density at radius 2 is 1.72 bits per heavy atom. The normalized spacial score (nSPS) is 24.2. The Kier molecular flexibility index (Phi) is 10.0. The first-order valence-corrected chi connectivity index (χ1v) is 12.7. The van der Waals surface area contributed by atoms with Crippen LogP contribution in [0.1, 0.15) is 75.4 Å². The van der Waals surface area contributed by atoms with E-state index < -0.39 is 37.1 Å². The van der Waals surface area contributed by atoms with Crippen LogP contribution >= 0.6 is 0 Å². The summed E-state index contributed by atoms with van der Waals surface area (Å²) < 4.78 is 17.9. The van der Waals surface area contributed by atoms with Crippen molar-refractivity contribution in [2.75, 3.05) is 13.2 Å². The largest absolute Gasteiger partial charge is 0.493 e. The number of rotatable bonds is 12. The molecule has 9 heteroatoms. The summed E-state index contributed by atoms with van der Waals surface area (Å²) in [6, 6.07) is 2.93. The Balaban J connectivity index is 2.07. The van der Waals surface area contributed by atoms with E-state index in [1.54, 1.807) is 13.0 Å². The minimum atomic E-state index is -1.62. The van der Waals surface area contributed by atoms with Crippen LogP contribution in [0.15, 0.2) is 21.3 Å². The molecule has 1 fully saturated rings. The number of carbonyl (C=O) groups is 1. The first-order valence-electron chi connectivity index (χ1n) is 12.7. The first-order chi connectivity index (χ1) is 17.2. The topological polar surface area (TPSA) is 147 Å². The van der Waals surface area contributed by atoms with Crippen LogP contribution < -0.4 is 10.2 Å². The number of ether oxygens (including phenoxy) is 2. The van der Waals surface area contributed by atoms with Crippen molar-refractivity contribution in [3.63, 3.8) is 0 Å². The van der Waals surface area contributed by atoms with Gasteiger partial charge in [-0.1, -0.05) is 39.0 Å². The van der Waals surface area contributed by atoms with Crippen LogP contribution in [0, 0.1) is 6.92 Å². The predicted octanol–water partition coefficient (Wildman–Crippen LogP) is 2.49. The standard InChI is InChI=1S/C27H38O9/c1-4-5-6-7-8-9-10-34-19-11-15(2)21-18(30)13-17(12-16(3)29)35-26(21)22(19)27-25(33)24(32)23(31)20(14-28)36-27/h11,13,20,23-25,27-28,31-33H,4-10,12,14H2,1-3H3/t20-,23-,24+,25-,27+/m1/s1. The highest BCUT2D eigenvalue weighted by molar-refractivity contribution is 5.86. The lowest BCUT2D eigenvalue weighted by molar-refractivity contribution is -0.231. The number of ketones is 1. The van der Waals surface area contributed by atoms with Crippen molar-refractivity contribution in [2.45, 2.75) is 96.2 Å². The molecular formula is C27H38O9. The van der Waals surface area contributed by atoms with E-state index in [4.69, 9.17) is 13.9 Å². The average molecular weight is 507 g/mol. The van der Waals surface area contributed by atoms with Gasteiger partial charge in [0, 0.05) is 6.07 Å². The molecule has 1 aliphatic rings. The van der Waals surface area contributed by atoms with E-state index in [0.29, 0.717) is 17.9 Å². The molecule has 200 valence electrons. The molecule has 0 spiro atoms. The zero-order chi connectivity index (χ0) is 26.4. The van der Waals surface area contributed by atoms with Gasteiger partial charge in [-0.2, -0.15) is 0 Å². The maximum atomic E-state index is 13.0. The molecule has 5 atom stereocenters. The van der Waals surface area contributed by atoms with Crippen LogP contribution in [0.4, 0.5) is 0 Å². The number of aryl methyl sites for hydroxylation is 1. The molecule has 1 saturated heterocycles. The van der Waals surface area contributed by atoms with Gasteiger partial charge in [-0.15, -0.1) is 0 Å². The molecule has 1 aliphatic heterocycles. The highest BCUT2D eigenvalue weighted by Crippen LogP contribution is 2.42. The predicted molar refractivity (Wildman–Crippen MR) is 133 cm³/mol. The van der Waals surface area contributed by atoms with Crippen LogP contribution in [-0.4, -0.2) is 63.8 Å². The second kappa shape index (κ2) is 12.8. The number of fused-ring (bicyclic) bond motifs is 1. The summed E-state index contributed by atoms with van der Waals surface area (Å²) in [6.07, 6.45) is -0.873. The molecule has 36 heavy (non-hydrogen) atoms. The molecule has 1 aromatic heterocycles. The summed E-state index contributed by atoms with van der Waals surface area (Å²) in [4.78, 5) is 24.7. The first kappa shape index (κ1) is 28.3. The van der Waals surface area contributed by atoms with Crippen LogP contribution in [-0.2, 0) is 16.0 Å². The molecule has 3 rings (SSSR count). The number of hydrogen-bond donors (Lipinski definition) is 4. The van der Waals surface area contributed by atoms with Gasteiger partial charge in [0.1, 0.15) is 53.4 Å². The summed E-state index contributed by atoms with van der Waals surface area (Å²) in [6.45, 7) is 5.05. The van der Waals surface area contributed by atoms with E-state index in [2.05, 4.69) is 6.92 Å². The van der Waals surface area contributed by atoms with E-state index >= 15 is 0 Å². The Morgan fingerprint density at radius 3 is 2.39 bits per heavy atom. The lowest BCUT2D eigenvalue weighted by atomic mass is 9.89. The third-order valence-electron chi connectivity index (χ3n) is 6.61. The van der Waals surface area contributed by atoms with Crippen molar-refractivity contribution in [1.82, 2.24) is 0 Å². The third kappa shape index (κ3) is 6.33. The lowest BCUT2D eigenvalue weighted by Gasteiger charge is -2.40. The fraction of sp³-hybridized carbons (Fsp3) is 0.630. The van der Waals surface area contributed by atoms with Crippen molar-refractivity contribution >= 4 is 16.8 Å². The van der Waals surface area contributed by atoms with E-state index in [1.165, 1.54) is 19.4 Å². The Hall–Kier alpha value is -2.30. The van der Waals surface area contributed by atoms with Gasteiger partial charge in [-0.25, -0.2) is 0 Å². The highest BCUT2D eigenvalue weighted by Gasteiger charge is 2.46. The third-order valence-corrected chi connectivity index (χ3v) is 6.61. The van der Waals surface area contributed by atoms with E-state index in [9.17, 15) is 30.0 Å². The SMILES string of the molecule is CCCCCCCCOc1cc(C)c2c(=O)cc(CC(C)=O)oc2c1[C@@H]1O[C@H](CO)[C@@H](O)[C@H](O)[C@H]1O. The molecule has 0 bridgehead atoms. The summed E-state index contributed by atoms with van der Waals surface area (Å²) in [5, 5.41) is 41.5. The number of unbranched alkanes of at least 4 members (excludes halogenated alkanes) is 5. The van der Waals surface area contributed by atoms with E-state index in [1.807, 2.05) is 0 Å². The quantitative estimate of drug-likeness (QED) is 0.319. The molecular weight excluding hydrogens is 468 g/mol. The molecule has 2 aromatic rings. The van der Waals surface area contributed by atoms with E-state index in [0.717, 1.165) is 32.1 Å². The Labute approximate surface area is 210 Å². The number of benzene rings is 1. The number of aliphatic hydroxyl groups excluding tert-OH is 4. The fourth-order valence-electron chi connectivity index (χ4n) is 4.69. The summed E-state index contributed by atoms with van der Waals surface area (Å²) >= 11 is 0. The molecule has 0 amide bonds. The van der Waals surface area contributed by atoms with Gasteiger partial charge in [-0.05, 0) is 31.9 Å². The van der Waals surface area contributed by atoms with Crippen molar-refractivity contribution in [3.05, 3.63) is 39.2 Å². The minimum absolute atomic E-state index is 0.0843. The van der Waals surface area contributed by atoms with Gasteiger partial charge < -0.3 is 34.3 Å². The zero-order valence-electron chi connectivity index (χ0n) is 21.2. The maximum Gasteiger partial charge on any atom is 0.193 e. The monoisotopic (exact) mass is 506 g/mol. The van der Waals surface area contributed by atoms with Gasteiger partial charge in [0.15, 0.2) is 5.43 Å². The number of Topliss-reactive ketones (excluding diaryl/α,β-unsaturated/α-hetero) is 1. The second-order valence-electron chi connectivity index (χ2n) is 9.63. The molecule has 0 aliphatic carbocycles. The van der Waals surface area contributed by atoms with Crippen LogP contribution in [0.5, 0.6) is 5.75 Å². The molecule has 0 unspecified atom stereocenters. The second-order valence-corrected chi connectivity index (χ2v) is 9.63. The molecule has 1 aromatic carbocycles. The number of hydrogen-bond acceptors (Lipinski definition) is 9. The molecule has 0 saturated carbocycles. The summed E-state index contributed by atoms with van der Waals surface area (Å²) in [5.41, 5.74) is 0.500. The van der Waals surface area contributed by atoms with Crippen LogP contribution in [0.25, 0.3) is 11.0 Å². The smallest absolute Gasteiger partial charge is 0.193 e. The highest BCUT2D eigenvalue weighted by atomic mass is 16.5. The maximum absolute atomic E-state index is 13.0. The zero-order valence-corrected chi connectivity index (χ0v) is 21.2. The van der Waals surface area contributed by atoms with Gasteiger partial charge in [-0.3, -0.25) is 9.59 Å². The number of carbonyl (C=O) groups excluding carboxylic acids is 1. The van der Waals surface area contributed by atoms with Crippen LogP contribution in [0.2, 0.25) is 0 Å². The Bertz CT molecular complexity index is 1090. The van der Waals surface area contributed by atoms with Gasteiger partial charge in [0.2, 0.25) is 0 Å². The van der Waals surface area contributed by atoms with Crippen molar-refractivity contribution in [3.8, 4) is 5.75 Å². The molecule has 2 heterocycles. The van der Waals surface area contributed by atoms with Gasteiger partial charge in [0.25, 0.3) is 0 Å². The molecule has 0 radical (unpaired) electrons. The van der Waals surface area contributed by atoms with E-state index in [-0.39, 0.29) is 39.9 Å². The molecule has 9 nitrogen and oxygen atoms in total. The van der Waals surface area contributed by atoms with Crippen molar-refractivity contribution in [1.29, 1.82) is 0 Å². The van der Waals surface area contributed by atoms with Gasteiger partial charge >= 0.3 is 0 Å².